The van der Waals surface area contributed by atoms with Crippen molar-refractivity contribution in [3.63, 3.8) is 0 Å². The molecule has 2 nitrogen and oxygen atoms in total. The Morgan fingerprint density at radius 3 is 2.69 bits per heavy atom. The normalized spacial score (nSPS) is 19.7. The highest BCUT2D eigenvalue weighted by Gasteiger charge is 2.15. The van der Waals surface area contributed by atoms with Gasteiger partial charge in [0.1, 0.15) is 0 Å². The van der Waals surface area contributed by atoms with Crippen molar-refractivity contribution in [3.05, 3.63) is 59.2 Å². The van der Waals surface area contributed by atoms with E-state index in [4.69, 9.17) is 11.6 Å². The van der Waals surface area contributed by atoms with Crippen LogP contribution in [0.15, 0.2) is 53.6 Å². The molecule has 1 aliphatic carbocycles. The summed E-state index contributed by atoms with van der Waals surface area (Å²) in [6.45, 7) is 0.674. The third-order valence-corrected chi connectivity index (χ3v) is 2.64. The van der Waals surface area contributed by atoms with Gasteiger partial charge in [0.05, 0.1) is 6.04 Å². The summed E-state index contributed by atoms with van der Waals surface area (Å²) in [6.07, 6.45) is 4.98. The average Bonchev–Trinajstić information content (AvgIpc) is 2.29. The first-order chi connectivity index (χ1) is 7.75. The van der Waals surface area contributed by atoms with Crippen molar-refractivity contribution in [1.29, 1.82) is 0 Å². The minimum Gasteiger partial charge on any atom is -0.300 e. The van der Waals surface area contributed by atoms with Gasteiger partial charge in [0.15, 0.2) is 5.78 Å². The van der Waals surface area contributed by atoms with E-state index >= 15 is 0 Å². The van der Waals surface area contributed by atoms with Crippen molar-refractivity contribution in [3.8, 4) is 0 Å². The van der Waals surface area contributed by atoms with Crippen molar-refractivity contribution >= 4 is 17.4 Å². The van der Waals surface area contributed by atoms with Crippen molar-refractivity contribution < 1.29 is 4.79 Å². The van der Waals surface area contributed by atoms with Gasteiger partial charge in [-0.2, -0.15) is 0 Å². The fraction of sp³-hybridized carbons (Fsp3) is 0.154. The highest BCUT2D eigenvalue weighted by Crippen LogP contribution is 2.11. The zero-order chi connectivity index (χ0) is 11.4. The Balaban J connectivity index is 1.93. The van der Waals surface area contributed by atoms with Crippen LogP contribution >= 0.6 is 11.6 Å². The first-order valence-electron chi connectivity index (χ1n) is 5.12. The average molecular weight is 234 g/mol. The molecule has 0 aliphatic heterocycles. The molecule has 1 aromatic carbocycles. The van der Waals surface area contributed by atoms with E-state index in [0.717, 1.165) is 5.56 Å². The molecular weight excluding hydrogens is 222 g/mol. The van der Waals surface area contributed by atoms with Crippen LogP contribution in [0.4, 0.5) is 0 Å². The fourth-order valence-corrected chi connectivity index (χ4v) is 1.73. The summed E-state index contributed by atoms with van der Waals surface area (Å²) in [5.41, 5.74) is 1.16. The molecule has 0 aromatic heterocycles. The lowest BCUT2D eigenvalue weighted by atomic mass is 10.1. The number of carbonyl (C=O) groups is 1. The van der Waals surface area contributed by atoms with E-state index in [9.17, 15) is 4.79 Å². The van der Waals surface area contributed by atoms with Crippen LogP contribution in [-0.4, -0.2) is 11.8 Å². The Morgan fingerprint density at radius 1 is 1.25 bits per heavy atom. The van der Waals surface area contributed by atoms with Crippen molar-refractivity contribution in [1.82, 2.24) is 5.32 Å². The molecule has 1 aliphatic rings. The lowest BCUT2D eigenvalue weighted by Crippen LogP contribution is -2.34. The third-order valence-electron chi connectivity index (χ3n) is 2.40. The molecule has 0 amide bonds. The van der Waals surface area contributed by atoms with Gasteiger partial charge in [0, 0.05) is 17.7 Å². The molecule has 2 rings (SSSR count). The van der Waals surface area contributed by atoms with Crippen LogP contribution in [0.1, 0.15) is 5.56 Å². The van der Waals surface area contributed by atoms with E-state index in [-0.39, 0.29) is 11.8 Å². The van der Waals surface area contributed by atoms with Crippen LogP contribution in [0.25, 0.3) is 0 Å². The minimum absolute atomic E-state index is 0.00318. The highest BCUT2D eigenvalue weighted by atomic mass is 35.5. The zero-order valence-corrected chi connectivity index (χ0v) is 9.45. The molecule has 0 radical (unpaired) electrons. The summed E-state index contributed by atoms with van der Waals surface area (Å²) in [4.78, 5) is 11.6. The van der Waals surface area contributed by atoms with Gasteiger partial charge in [-0.25, -0.2) is 0 Å². The number of carbonyl (C=O) groups excluding carboxylic acids is 1. The van der Waals surface area contributed by atoms with E-state index in [2.05, 4.69) is 5.32 Å². The van der Waals surface area contributed by atoms with Crippen LogP contribution in [0.2, 0.25) is 0 Å². The second-order valence-corrected chi connectivity index (χ2v) is 4.07. The van der Waals surface area contributed by atoms with Gasteiger partial charge in [-0.1, -0.05) is 48.0 Å². The standard InChI is InChI=1S/C13H12ClNO/c14-11-6-7-12(13(16)8-11)15-9-10-4-2-1-3-5-10/h1-8,12,15H,9H2. The molecule has 0 bridgehead atoms. The zero-order valence-electron chi connectivity index (χ0n) is 8.69. The van der Waals surface area contributed by atoms with E-state index in [1.807, 2.05) is 30.3 Å². The number of ketones is 1. The van der Waals surface area contributed by atoms with Crippen molar-refractivity contribution in [2.45, 2.75) is 12.6 Å². The maximum absolute atomic E-state index is 11.6. The molecule has 16 heavy (non-hydrogen) atoms. The Hall–Kier alpha value is -1.38. The number of nitrogens with one attached hydrogen (secondary N) is 1. The maximum atomic E-state index is 11.6. The van der Waals surface area contributed by atoms with Crippen LogP contribution in [-0.2, 0) is 11.3 Å². The van der Waals surface area contributed by atoms with Gasteiger partial charge in [0.2, 0.25) is 0 Å². The molecule has 0 heterocycles. The van der Waals surface area contributed by atoms with Gasteiger partial charge in [-0.15, -0.1) is 0 Å². The number of hydrogen-bond acceptors (Lipinski definition) is 2. The summed E-state index contributed by atoms with van der Waals surface area (Å²) in [5, 5.41) is 3.66. The van der Waals surface area contributed by atoms with Crippen LogP contribution < -0.4 is 5.32 Å². The Kier molecular flexibility index (Phi) is 3.54. The number of rotatable bonds is 3. The molecular formula is C13H12ClNO. The van der Waals surface area contributed by atoms with Gasteiger partial charge in [-0.3, -0.25) is 10.1 Å². The molecule has 1 unspecified atom stereocenters. The molecule has 0 spiro atoms. The molecule has 0 saturated heterocycles. The van der Waals surface area contributed by atoms with E-state index < -0.39 is 0 Å². The van der Waals surface area contributed by atoms with Gasteiger partial charge in [-0.05, 0) is 11.6 Å². The van der Waals surface area contributed by atoms with E-state index in [1.165, 1.54) is 6.08 Å². The molecule has 1 N–H and O–H groups in total. The summed E-state index contributed by atoms with van der Waals surface area (Å²) in [7, 11) is 0. The van der Waals surface area contributed by atoms with Crippen LogP contribution in [0, 0.1) is 0 Å². The molecule has 3 heteroatoms. The van der Waals surface area contributed by atoms with E-state index in [1.54, 1.807) is 12.2 Å². The Labute approximate surface area is 99.6 Å². The first-order valence-corrected chi connectivity index (χ1v) is 5.50. The largest absolute Gasteiger partial charge is 0.300 e. The second-order valence-electron chi connectivity index (χ2n) is 3.63. The number of halogens is 1. The van der Waals surface area contributed by atoms with Crippen molar-refractivity contribution in [2.24, 2.45) is 0 Å². The molecule has 0 saturated carbocycles. The number of hydrogen-bond donors (Lipinski definition) is 1. The highest BCUT2D eigenvalue weighted by molar-refractivity contribution is 6.33. The van der Waals surface area contributed by atoms with Crippen LogP contribution in [0.3, 0.4) is 0 Å². The Bertz CT molecular complexity index is 437. The van der Waals surface area contributed by atoms with Crippen molar-refractivity contribution in [2.75, 3.05) is 0 Å². The predicted molar refractivity (Wildman–Crippen MR) is 65.2 cm³/mol. The molecule has 1 aromatic rings. The fourth-order valence-electron chi connectivity index (χ4n) is 1.55. The summed E-state index contributed by atoms with van der Waals surface area (Å²) >= 11 is 5.72. The molecule has 1 atom stereocenters. The smallest absolute Gasteiger partial charge is 0.177 e. The quantitative estimate of drug-likeness (QED) is 0.869. The van der Waals surface area contributed by atoms with E-state index in [0.29, 0.717) is 11.6 Å². The monoisotopic (exact) mass is 233 g/mol. The Morgan fingerprint density at radius 2 is 2.00 bits per heavy atom. The first kappa shape index (κ1) is 11.1. The molecule has 82 valence electrons. The number of benzene rings is 1. The summed E-state index contributed by atoms with van der Waals surface area (Å²) in [5.74, 6) is 0.00318. The summed E-state index contributed by atoms with van der Waals surface area (Å²) in [6, 6.07) is 9.71. The minimum atomic E-state index is -0.261. The predicted octanol–water partition coefficient (Wildman–Crippen LogP) is 2.41. The maximum Gasteiger partial charge on any atom is 0.177 e. The SMILES string of the molecule is O=C1C=C(Cl)C=CC1NCc1ccccc1. The summed E-state index contributed by atoms with van der Waals surface area (Å²) < 4.78 is 0. The van der Waals surface area contributed by atoms with Gasteiger partial charge in [0.25, 0.3) is 0 Å². The number of allylic oxidation sites excluding steroid dienone is 2. The second kappa shape index (κ2) is 5.10. The van der Waals surface area contributed by atoms with Crippen LogP contribution in [0.5, 0.6) is 0 Å². The topological polar surface area (TPSA) is 29.1 Å². The van der Waals surface area contributed by atoms with Gasteiger partial charge >= 0.3 is 0 Å². The van der Waals surface area contributed by atoms with Gasteiger partial charge < -0.3 is 0 Å². The lowest BCUT2D eigenvalue weighted by Gasteiger charge is -2.14. The lowest BCUT2D eigenvalue weighted by molar-refractivity contribution is -0.115. The third kappa shape index (κ3) is 2.81. The molecule has 0 fully saturated rings.